The molecule has 0 bridgehead atoms. The molecule has 0 heterocycles. The summed E-state index contributed by atoms with van der Waals surface area (Å²) in [4.78, 5) is 0. The van der Waals surface area contributed by atoms with Crippen LogP contribution >= 0.6 is 0 Å². The zero-order valence-corrected chi connectivity index (χ0v) is 14.3. The summed E-state index contributed by atoms with van der Waals surface area (Å²) in [6.07, 6.45) is 4.06. The van der Waals surface area contributed by atoms with E-state index in [1.54, 1.807) is 0 Å². The van der Waals surface area contributed by atoms with Crippen molar-refractivity contribution in [2.24, 2.45) is 11.8 Å². The highest BCUT2D eigenvalue weighted by atomic mass is 16.5. The molecular formula is C19H31NO. The zero-order valence-electron chi connectivity index (χ0n) is 14.3. The van der Waals surface area contributed by atoms with E-state index < -0.39 is 0 Å². The zero-order chi connectivity index (χ0) is 15.5. The molecular weight excluding hydrogens is 258 g/mol. The van der Waals surface area contributed by atoms with Gasteiger partial charge in [-0.15, -0.1) is 0 Å². The molecule has 0 aromatic heterocycles. The van der Waals surface area contributed by atoms with Gasteiger partial charge in [-0.3, -0.25) is 0 Å². The molecule has 0 amide bonds. The lowest BCUT2D eigenvalue weighted by Gasteiger charge is -2.32. The quantitative estimate of drug-likeness (QED) is 0.861. The minimum atomic E-state index is 0.145. The van der Waals surface area contributed by atoms with Crippen LogP contribution in [-0.2, 0) is 6.54 Å². The third-order valence-electron chi connectivity index (χ3n) is 4.57. The number of benzene rings is 1. The molecule has 0 radical (unpaired) electrons. The van der Waals surface area contributed by atoms with E-state index >= 15 is 0 Å². The SMILES string of the molecule is CC1CCC(Oc2cccc(CNC(C)(C)C)c2)CC1C. The van der Waals surface area contributed by atoms with Crippen LogP contribution in [0, 0.1) is 11.8 Å². The average molecular weight is 289 g/mol. The van der Waals surface area contributed by atoms with Gasteiger partial charge in [0.2, 0.25) is 0 Å². The normalized spacial score (nSPS) is 26.6. The highest BCUT2D eigenvalue weighted by Crippen LogP contribution is 2.31. The summed E-state index contributed by atoms with van der Waals surface area (Å²) < 4.78 is 6.22. The first kappa shape index (κ1) is 16.4. The first-order chi connectivity index (χ1) is 9.83. The smallest absolute Gasteiger partial charge is 0.120 e. The summed E-state index contributed by atoms with van der Waals surface area (Å²) in [5, 5.41) is 3.53. The summed E-state index contributed by atoms with van der Waals surface area (Å²) >= 11 is 0. The first-order valence-corrected chi connectivity index (χ1v) is 8.34. The van der Waals surface area contributed by atoms with Crippen LogP contribution in [0.5, 0.6) is 5.75 Å². The molecule has 2 nitrogen and oxygen atoms in total. The van der Waals surface area contributed by atoms with Crippen LogP contribution in [0.2, 0.25) is 0 Å². The molecule has 1 fully saturated rings. The monoisotopic (exact) mass is 289 g/mol. The molecule has 1 N–H and O–H groups in total. The van der Waals surface area contributed by atoms with Crippen molar-refractivity contribution >= 4 is 0 Å². The van der Waals surface area contributed by atoms with Crippen LogP contribution in [0.4, 0.5) is 0 Å². The van der Waals surface area contributed by atoms with Crippen molar-refractivity contribution in [3.05, 3.63) is 29.8 Å². The Morgan fingerprint density at radius 2 is 1.90 bits per heavy atom. The summed E-state index contributed by atoms with van der Waals surface area (Å²) in [7, 11) is 0. The predicted molar refractivity (Wildman–Crippen MR) is 89.6 cm³/mol. The molecule has 1 aliphatic rings. The molecule has 0 aliphatic heterocycles. The second-order valence-electron chi connectivity index (χ2n) is 7.76. The van der Waals surface area contributed by atoms with Crippen LogP contribution in [-0.4, -0.2) is 11.6 Å². The van der Waals surface area contributed by atoms with Gasteiger partial charge in [0.05, 0.1) is 6.10 Å². The van der Waals surface area contributed by atoms with Crippen LogP contribution in [0.25, 0.3) is 0 Å². The Morgan fingerprint density at radius 1 is 1.14 bits per heavy atom. The molecule has 0 saturated heterocycles. The van der Waals surface area contributed by atoms with E-state index in [1.165, 1.54) is 24.8 Å². The highest BCUT2D eigenvalue weighted by molar-refractivity contribution is 5.28. The Morgan fingerprint density at radius 3 is 2.57 bits per heavy atom. The fourth-order valence-corrected chi connectivity index (χ4v) is 2.89. The molecule has 1 aromatic rings. The van der Waals surface area contributed by atoms with Crippen LogP contribution < -0.4 is 10.1 Å². The Balaban J connectivity index is 1.92. The minimum Gasteiger partial charge on any atom is -0.490 e. The van der Waals surface area contributed by atoms with Crippen molar-refractivity contribution in [3.8, 4) is 5.75 Å². The molecule has 118 valence electrons. The lowest BCUT2D eigenvalue weighted by Crippen LogP contribution is -2.35. The fraction of sp³-hybridized carbons (Fsp3) is 0.684. The maximum Gasteiger partial charge on any atom is 0.120 e. The average Bonchev–Trinajstić information content (AvgIpc) is 2.40. The molecule has 1 saturated carbocycles. The molecule has 1 aromatic carbocycles. The molecule has 2 rings (SSSR count). The fourth-order valence-electron chi connectivity index (χ4n) is 2.89. The summed E-state index contributed by atoms with van der Waals surface area (Å²) in [6.45, 7) is 12.2. The van der Waals surface area contributed by atoms with Crippen LogP contribution in [0.15, 0.2) is 24.3 Å². The first-order valence-electron chi connectivity index (χ1n) is 8.34. The standard InChI is InChI=1S/C19H31NO/c1-14-9-10-18(11-15(14)2)21-17-8-6-7-16(12-17)13-20-19(3,4)5/h6-8,12,14-15,18,20H,9-11,13H2,1-5H3. The summed E-state index contributed by atoms with van der Waals surface area (Å²) in [5.74, 6) is 2.64. The highest BCUT2D eigenvalue weighted by Gasteiger charge is 2.25. The van der Waals surface area contributed by atoms with Gasteiger partial charge in [-0.2, -0.15) is 0 Å². The van der Waals surface area contributed by atoms with E-state index in [0.29, 0.717) is 6.10 Å². The molecule has 2 heteroatoms. The third kappa shape index (κ3) is 5.35. The van der Waals surface area contributed by atoms with Gasteiger partial charge in [0, 0.05) is 12.1 Å². The van der Waals surface area contributed by atoms with E-state index in [1.807, 2.05) is 0 Å². The Hall–Kier alpha value is -1.02. The van der Waals surface area contributed by atoms with Gasteiger partial charge in [-0.25, -0.2) is 0 Å². The number of hydrogen-bond donors (Lipinski definition) is 1. The van der Waals surface area contributed by atoms with Crippen molar-refractivity contribution in [1.82, 2.24) is 5.32 Å². The second kappa shape index (κ2) is 6.83. The molecule has 3 unspecified atom stereocenters. The van der Waals surface area contributed by atoms with E-state index in [0.717, 1.165) is 24.1 Å². The number of hydrogen-bond acceptors (Lipinski definition) is 2. The van der Waals surface area contributed by atoms with Gasteiger partial charge in [0.1, 0.15) is 5.75 Å². The number of rotatable bonds is 4. The van der Waals surface area contributed by atoms with Crippen molar-refractivity contribution in [2.45, 2.75) is 72.1 Å². The Kier molecular flexibility index (Phi) is 5.32. The van der Waals surface area contributed by atoms with Gasteiger partial charge in [0.25, 0.3) is 0 Å². The van der Waals surface area contributed by atoms with Gasteiger partial charge in [0.15, 0.2) is 0 Å². The molecule has 21 heavy (non-hydrogen) atoms. The summed E-state index contributed by atoms with van der Waals surface area (Å²) in [5.41, 5.74) is 1.44. The van der Waals surface area contributed by atoms with Gasteiger partial charge in [-0.1, -0.05) is 26.0 Å². The predicted octanol–water partition coefficient (Wildman–Crippen LogP) is 4.78. The Labute approximate surface area is 130 Å². The van der Waals surface area contributed by atoms with E-state index in [4.69, 9.17) is 4.74 Å². The third-order valence-corrected chi connectivity index (χ3v) is 4.57. The molecule has 1 aliphatic carbocycles. The van der Waals surface area contributed by atoms with Crippen molar-refractivity contribution in [1.29, 1.82) is 0 Å². The largest absolute Gasteiger partial charge is 0.490 e. The lowest BCUT2D eigenvalue weighted by molar-refractivity contribution is 0.101. The topological polar surface area (TPSA) is 21.3 Å². The minimum absolute atomic E-state index is 0.145. The van der Waals surface area contributed by atoms with E-state index in [-0.39, 0.29) is 5.54 Å². The van der Waals surface area contributed by atoms with Crippen molar-refractivity contribution in [3.63, 3.8) is 0 Å². The molecule has 3 atom stereocenters. The van der Waals surface area contributed by atoms with Crippen molar-refractivity contribution in [2.75, 3.05) is 0 Å². The van der Waals surface area contributed by atoms with Crippen LogP contribution in [0.1, 0.15) is 59.4 Å². The lowest BCUT2D eigenvalue weighted by atomic mass is 9.80. The number of nitrogens with one attached hydrogen (secondary N) is 1. The Bertz CT molecular complexity index is 449. The second-order valence-corrected chi connectivity index (χ2v) is 7.76. The van der Waals surface area contributed by atoms with Crippen molar-refractivity contribution < 1.29 is 4.74 Å². The van der Waals surface area contributed by atoms with Gasteiger partial charge >= 0.3 is 0 Å². The van der Waals surface area contributed by atoms with Gasteiger partial charge < -0.3 is 10.1 Å². The van der Waals surface area contributed by atoms with E-state index in [9.17, 15) is 0 Å². The summed E-state index contributed by atoms with van der Waals surface area (Å²) in [6, 6.07) is 8.53. The van der Waals surface area contributed by atoms with Gasteiger partial charge in [-0.05, 0) is 69.6 Å². The van der Waals surface area contributed by atoms with Crippen LogP contribution in [0.3, 0.4) is 0 Å². The van der Waals surface area contributed by atoms with E-state index in [2.05, 4.69) is 64.2 Å². The maximum atomic E-state index is 6.22. The molecule has 0 spiro atoms. The maximum absolute atomic E-state index is 6.22. The number of ether oxygens (including phenoxy) is 1.